The molecule has 1 fully saturated rings. The number of hydrogen-bond acceptors (Lipinski definition) is 2. The SMILES string of the molecule is [2H]C(C/C=C\CCCCCC)CCCCC([2H])COC1CCCCO1. The zero-order valence-corrected chi connectivity index (χ0v) is 15.3. The minimum absolute atomic E-state index is 0.0166. The summed E-state index contributed by atoms with van der Waals surface area (Å²) in [5.74, 6) is 0. The van der Waals surface area contributed by atoms with Crippen LogP contribution in [0.4, 0.5) is 0 Å². The van der Waals surface area contributed by atoms with Gasteiger partial charge in [-0.05, 0) is 51.3 Å². The van der Waals surface area contributed by atoms with Crippen LogP contribution in [0.1, 0.15) is 106 Å². The largest absolute Gasteiger partial charge is 0.353 e. The summed E-state index contributed by atoms with van der Waals surface area (Å²) < 4.78 is 27.3. The van der Waals surface area contributed by atoms with E-state index >= 15 is 0 Å². The molecule has 136 valence electrons. The van der Waals surface area contributed by atoms with E-state index in [1.807, 2.05) is 0 Å². The van der Waals surface area contributed by atoms with E-state index in [4.69, 9.17) is 12.2 Å². The Balaban J connectivity index is 1.90. The maximum atomic E-state index is 8.08. The van der Waals surface area contributed by atoms with E-state index in [2.05, 4.69) is 19.1 Å². The van der Waals surface area contributed by atoms with Crippen molar-refractivity contribution in [3.63, 3.8) is 0 Å². The fourth-order valence-electron chi connectivity index (χ4n) is 2.80. The first-order chi connectivity index (χ1) is 12.2. The highest BCUT2D eigenvalue weighted by Crippen LogP contribution is 2.14. The van der Waals surface area contributed by atoms with Gasteiger partial charge >= 0.3 is 0 Å². The fraction of sp³-hybridized carbons (Fsp3) is 0.905. The van der Waals surface area contributed by atoms with E-state index in [1.54, 1.807) is 0 Å². The van der Waals surface area contributed by atoms with Gasteiger partial charge in [-0.2, -0.15) is 0 Å². The van der Waals surface area contributed by atoms with E-state index in [-0.39, 0.29) is 19.1 Å². The molecular formula is C21H40O2. The van der Waals surface area contributed by atoms with Crippen molar-refractivity contribution in [1.82, 2.24) is 0 Å². The number of rotatable bonds is 15. The van der Waals surface area contributed by atoms with Crippen LogP contribution in [0.15, 0.2) is 12.2 Å². The van der Waals surface area contributed by atoms with Gasteiger partial charge < -0.3 is 9.47 Å². The van der Waals surface area contributed by atoms with Gasteiger partial charge in [-0.25, -0.2) is 0 Å². The summed E-state index contributed by atoms with van der Waals surface area (Å²) in [7, 11) is 0. The first-order valence-electron chi connectivity index (χ1n) is 11.1. The lowest BCUT2D eigenvalue weighted by Crippen LogP contribution is -2.22. The Morgan fingerprint density at radius 3 is 2.52 bits per heavy atom. The lowest BCUT2D eigenvalue weighted by atomic mass is 10.1. The quantitative estimate of drug-likeness (QED) is 0.244. The van der Waals surface area contributed by atoms with Gasteiger partial charge in [0.15, 0.2) is 6.29 Å². The molecular weight excluding hydrogens is 284 g/mol. The Morgan fingerprint density at radius 2 is 1.74 bits per heavy atom. The third kappa shape index (κ3) is 13.8. The molecule has 0 aromatic heterocycles. The second-order valence-corrected chi connectivity index (χ2v) is 6.55. The van der Waals surface area contributed by atoms with Crippen molar-refractivity contribution in [1.29, 1.82) is 0 Å². The zero-order chi connectivity index (χ0) is 18.2. The summed E-state index contributed by atoms with van der Waals surface area (Å²) in [4.78, 5) is 0. The van der Waals surface area contributed by atoms with Crippen LogP contribution in [0.3, 0.4) is 0 Å². The second kappa shape index (κ2) is 16.5. The molecule has 1 rings (SSSR count). The van der Waals surface area contributed by atoms with Crippen molar-refractivity contribution < 1.29 is 12.2 Å². The van der Waals surface area contributed by atoms with E-state index in [0.29, 0.717) is 6.61 Å². The third-order valence-corrected chi connectivity index (χ3v) is 4.30. The number of allylic oxidation sites excluding steroid dienone is 2. The number of hydrogen-bond donors (Lipinski definition) is 0. The van der Waals surface area contributed by atoms with E-state index in [1.165, 1.54) is 32.1 Å². The topological polar surface area (TPSA) is 18.5 Å². The Labute approximate surface area is 147 Å². The highest BCUT2D eigenvalue weighted by atomic mass is 16.7. The summed E-state index contributed by atoms with van der Waals surface area (Å²) >= 11 is 0. The highest BCUT2D eigenvalue weighted by molar-refractivity contribution is 4.81. The molecule has 0 aliphatic carbocycles. The van der Waals surface area contributed by atoms with Gasteiger partial charge in [0.05, 0.1) is 0 Å². The lowest BCUT2D eigenvalue weighted by Gasteiger charge is -2.22. The maximum absolute atomic E-state index is 8.08. The van der Waals surface area contributed by atoms with Gasteiger partial charge in [-0.3, -0.25) is 0 Å². The van der Waals surface area contributed by atoms with E-state index < -0.39 is 0 Å². The van der Waals surface area contributed by atoms with Gasteiger partial charge in [0.25, 0.3) is 0 Å². The normalized spacial score (nSPS) is 22.7. The molecule has 3 unspecified atom stereocenters. The van der Waals surface area contributed by atoms with Crippen molar-refractivity contribution in [2.75, 3.05) is 13.2 Å². The first kappa shape index (κ1) is 17.5. The van der Waals surface area contributed by atoms with Crippen LogP contribution >= 0.6 is 0 Å². The third-order valence-electron chi connectivity index (χ3n) is 4.30. The molecule has 0 N–H and O–H groups in total. The summed E-state index contributed by atoms with van der Waals surface area (Å²) in [5.41, 5.74) is 0. The Bertz CT molecular complexity index is 317. The van der Waals surface area contributed by atoms with Crippen molar-refractivity contribution >= 4 is 0 Å². The molecule has 0 amide bonds. The maximum Gasteiger partial charge on any atom is 0.157 e. The molecule has 0 radical (unpaired) electrons. The summed E-state index contributed by atoms with van der Waals surface area (Å²) in [6.45, 7) is 3.52. The molecule has 3 atom stereocenters. The smallest absolute Gasteiger partial charge is 0.157 e. The van der Waals surface area contributed by atoms with Crippen LogP contribution in [-0.4, -0.2) is 19.5 Å². The summed E-state index contributed by atoms with van der Waals surface area (Å²) in [6.07, 6.45) is 18.7. The summed E-state index contributed by atoms with van der Waals surface area (Å²) in [5, 5.41) is 0. The van der Waals surface area contributed by atoms with Crippen molar-refractivity contribution in [3.8, 4) is 0 Å². The van der Waals surface area contributed by atoms with Gasteiger partial charge in [0.1, 0.15) is 0 Å². The molecule has 1 heterocycles. The molecule has 0 saturated carbocycles. The Morgan fingerprint density at radius 1 is 0.957 bits per heavy atom. The minimum Gasteiger partial charge on any atom is -0.353 e. The summed E-state index contributed by atoms with van der Waals surface area (Å²) in [6, 6.07) is 0. The van der Waals surface area contributed by atoms with Crippen molar-refractivity contribution in [2.45, 2.75) is 109 Å². The van der Waals surface area contributed by atoms with Crippen LogP contribution in [-0.2, 0) is 9.47 Å². The van der Waals surface area contributed by atoms with Gasteiger partial charge in [0, 0.05) is 16.0 Å². The monoisotopic (exact) mass is 326 g/mol. The predicted octanol–water partition coefficient (Wildman–Crippen LogP) is 6.79. The molecule has 0 aromatic rings. The van der Waals surface area contributed by atoms with Crippen LogP contribution in [0.2, 0.25) is 0 Å². The standard InChI is InChI=1S/C21H40O2/c1-2-3-4-5-6-7-8-9-10-11-12-13-14-16-19-22-21-18-15-17-20-23-21/h7-8,21H,2-6,9-20H2,1H3/b8-7-/i10D,16D. The van der Waals surface area contributed by atoms with Crippen molar-refractivity contribution in [3.05, 3.63) is 12.2 Å². The van der Waals surface area contributed by atoms with Gasteiger partial charge in [-0.15, -0.1) is 0 Å². The zero-order valence-electron chi connectivity index (χ0n) is 17.3. The van der Waals surface area contributed by atoms with E-state index in [0.717, 1.165) is 58.0 Å². The predicted molar refractivity (Wildman–Crippen MR) is 99.8 cm³/mol. The average Bonchev–Trinajstić information content (AvgIpc) is 2.63. The molecule has 0 aromatic carbocycles. The number of unbranched alkanes of at least 4 members (excludes halogenated alkanes) is 5. The van der Waals surface area contributed by atoms with Crippen LogP contribution in [0, 0.1) is 0 Å². The van der Waals surface area contributed by atoms with Gasteiger partial charge in [0.2, 0.25) is 0 Å². The molecule has 1 aliphatic heterocycles. The second-order valence-electron chi connectivity index (χ2n) is 6.55. The van der Waals surface area contributed by atoms with Crippen LogP contribution in [0.5, 0.6) is 0 Å². The van der Waals surface area contributed by atoms with Crippen molar-refractivity contribution in [2.24, 2.45) is 0 Å². The van der Waals surface area contributed by atoms with Crippen LogP contribution in [0.25, 0.3) is 0 Å². The molecule has 2 heteroatoms. The van der Waals surface area contributed by atoms with Crippen LogP contribution < -0.4 is 0 Å². The fourth-order valence-corrected chi connectivity index (χ4v) is 2.80. The molecule has 1 saturated heterocycles. The molecule has 1 aliphatic rings. The average molecular weight is 327 g/mol. The molecule has 23 heavy (non-hydrogen) atoms. The minimum atomic E-state index is -0.155. The Hall–Kier alpha value is -0.340. The molecule has 2 nitrogen and oxygen atoms in total. The molecule has 0 bridgehead atoms. The highest BCUT2D eigenvalue weighted by Gasteiger charge is 2.13. The Kier molecular flexibility index (Phi) is 12.6. The first-order valence-corrected chi connectivity index (χ1v) is 9.95. The molecule has 0 spiro atoms. The number of ether oxygens (including phenoxy) is 2. The lowest BCUT2D eigenvalue weighted by molar-refractivity contribution is -0.162. The van der Waals surface area contributed by atoms with E-state index in [9.17, 15) is 0 Å². The van der Waals surface area contributed by atoms with Gasteiger partial charge in [-0.1, -0.05) is 64.0 Å².